The van der Waals surface area contributed by atoms with E-state index >= 15 is 0 Å². The van der Waals surface area contributed by atoms with Gasteiger partial charge in [0.15, 0.2) is 0 Å². The van der Waals surface area contributed by atoms with Crippen molar-refractivity contribution in [3.63, 3.8) is 0 Å². The van der Waals surface area contributed by atoms with E-state index in [1.54, 1.807) is 13.0 Å². The second kappa shape index (κ2) is 9.59. The van der Waals surface area contributed by atoms with Gasteiger partial charge >= 0.3 is 5.76 Å². The van der Waals surface area contributed by atoms with Crippen molar-refractivity contribution in [2.75, 3.05) is 6.54 Å². The van der Waals surface area contributed by atoms with Gasteiger partial charge in [0.05, 0.1) is 6.04 Å². The number of halogens is 1. The lowest BCUT2D eigenvalue weighted by Crippen LogP contribution is -2.23. The summed E-state index contributed by atoms with van der Waals surface area (Å²) in [5.41, 5.74) is 11.2. The molecule has 30 heavy (non-hydrogen) atoms. The average molecular weight is 431 g/mol. The van der Waals surface area contributed by atoms with E-state index < -0.39 is 11.8 Å². The average Bonchev–Trinajstić information content (AvgIpc) is 3.17. The Bertz CT molecular complexity index is 1080. The molecule has 0 aliphatic carbocycles. The number of nitrogens with one attached hydrogen (secondary N) is 2. The molecule has 2 unspecified atom stereocenters. The van der Waals surface area contributed by atoms with E-state index in [2.05, 4.69) is 46.3 Å². The zero-order valence-corrected chi connectivity index (χ0v) is 18.2. The zero-order valence-electron chi connectivity index (χ0n) is 17.3. The van der Waals surface area contributed by atoms with Crippen LogP contribution in [0.15, 0.2) is 44.4 Å². The molecule has 1 aliphatic heterocycles. The van der Waals surface area contributed by atoms with Crippen LogP contribution in [0.2, 0.25) is 0 Å². The van der Waals surface area contributed by atoms with Crippen molar-refractivity contribution in [1.82, 2.24) is 15.5 Å². The van der Waals surface area contributed by atoms with Crippen LogP contribution in [0, 0.1) is 19.7 Å². The minimum Gasteiger partial charge on any atom is -0.391 e. The molecule has 2 heterocycles. The van der Waals surface area contributed by atoms with Gasteiger partial charge in [-0.2, -0.15) is 0 Å². The SMILES string of the molecule is Cc1ccc(F)c(C(C)C(N)c2n[nH]c(=O)o2)c1C.Sc1cccc2c1CCNC2. The fraction of sp³-hybridized carbons (Fsp3) is 0.364. The maximum atomic E-state index is 14.0. The molecule has 3 aromatic rings. The summed E-state index contributed by atoms with van der Waals surface area (Å²) in [6.07, 6.45) is 1.12. The number of H-pyrrole nitrogens is 1. The largest absolute Gasteiger partial charge is 0.434 e. The van der Waals surface area contributed by atoms with Crippen LogP contribution in [0.25, 0.3) is 0 Å². The summed E-state index contributed by atoms with van der Waals surface area (Å²) in [5, 5.41) is 9.18. The van der Waals surface area contributed by atoms with Gasteiger partial charge in [-0.25, -0.2) is 14.3 Å². The number of nitrogens with zero attached hydrogens (tertiary/aromatic N) is 1. The number of nitrogens with two attached hydrogens (primary N) is 1. The number of aromatic nitrogens is 2. The molecule has 2 aromatic carbocycles. The minimum absolute atomic E-state index is 0.0813. The lowest BCUT2D eigenvalue weighted by molar-refractivity contribution is 0.396. The van der Waals surface area contributed by atoms with E-state index in [1.807, 2.05) is 13.8 Å². The maximum absolute atomic E-state index is 14.0. The first kappa shape index (κ1) is 22.3. The lowest BCUT2D eigenvalue weighted by Gasteiger charge is -2.20. The number of benzene rings is 2. The van der Waals surface area contributed by atoms with Crippen LogP contribution in [0.5, 0.6) is 0 Å². The number of fused-ring (bicyclic) bond motifs is 1. The minimum atomic E-state index is -0.686. The second-order valence-corrected chi connectivity index (χ2v) is 7.99. The van der Waals surface area contributed by atoms with Crippen LogP contribution >= 0.6 is 12.6 Å². The van der Waals surface area contributed by atoms with E-state index in [9.17, 15) is 9.18 Å². The topological polar surface area (TPSA) is 96.9 Å². The molecule has 0 bridgehead atoms. The zero-order chi connectivity index (χ0) is 21.8. The lowest BCUT2D eigenvalue weighted by atomic mass is 9.88. The van der Waals surface area contributed by atoms with Gasteiger partial charge in [-0.05, 0) is 66.8 Å². The number of aryl methyl sites for hydroxylation is 1. The maximum Gasteiger partial charge on any atom is 0.434 e. The van der Waals surface area contributed by atoms with E-state index in [1.165, 1.54) is 17.2 Å². The molecule has 0 fully saturated rings. The number of hydrogen-bond acceptors (Lipinski definition) is 6. The van der Waals surface area contributed by atoms with Crippen LogP contribution in [0.1, 0.15) is 52.6 Å². The van der Waals surface area contributed by atoms with Gasteiger partial charge in [0.25, 0.3) is 0 Å². The third-order valence-electron chi connectivity index (χ3n) is 5.58. The van der Waals surface area contributed by atoms with Gasteiger partial charge in [0.2, 0.25) is 5.89 Å². The predicted octanol–water partition coefficient (Wildman–Crippen LogP) is 3.54. The molecule has 0 amide bonds. The van der Waals surface area contributed by atoms with Crippen LogP contribution < -0.4 is 16.8 Å². The van der Waals surface area contributed by atoms with Gasteiger partial charge in [0.1, 0.15) is 5.82 Å². The normalized spacial score (nSPS) is 15.0. The number of hydrogen-bond donors (Lipinski definition) is 4. The Kier molecular flexibility index (Phi) is 7.12. The molecule has 6 nitrogen and oxygen atoms in total. The summed E-state index contributed by atoms with van der Waals surface area (Å²) in [4.78, 5) is 12.1. The van der Waals surface area contributed by atoms with Gasteiger partial charge in [-0.1, -0.05) is 25.1 Å². The fourth-order valence-corrected chi connectivity index (χ4v) is 3.99. The first-order valence-electron chi connectivity index (χ1n) is 9.86. The molecule has 1 aromatic heterocycles. The van der Waals surface area contributed by atoms with Gasteiger partial charge < -0.3 is 15.5 Å². The Hall–Kier alpha value is -2.42. The third kappa shape index (κ3) is 4.83. The van der Waals surface area contributed by atoms with Crippen molar-refractivity contribution in [2.24, 2.45) is 5.73 Å². The smallest absolute Gasteiger partial charge is 0.391 e. The van der Waals surface area contributed by atoms with Crippen LogP contribution in [-0.4, -0.2) is 16.7 Å². The predicted molar refractivity (Wildman–Crippen MR) is 117 cm³/mol. The van der Waals surface area contributed by atoms with Gasteiger partial charge in [-0.15, -0.1) is 17.7 Å². The molecule has 0 saturated heterocycles. The molecule has 0 radical (unpaired) electrons. The Morgan fingerprint density at radius 2 is 2.03 bits per heavy atom. The summed E-state index contributed by atoms with van der Waals surface area (Å²) in [5.74, 6) is -1.26. The molecule has 4 rings (SSSR count). The Morgan fingerprint density at radius 3 is 2.70 bits per heavy atom. The third-order valence-corrected chi connectivity index (χ3v) is 6.00. The first-order chi connectivity index (χ1) is 14.3. The molecule has 2 atom stereocenters. The molecule has 4 N–H and O–H groups in total. The van der Waals surface area contributed by atoms with Crippen molar-refractivity contribution in [3.8, 4) is 0 Å². The second-order valence-electron chi connectivity index (χ2n) is 7.51. The monoisotopic (exact) mass is 430 g/mol. The summed E-state index contributed by atoms with van der Waals surface area (Å²) >= 11 is 4.41. The van der Waals surface area contributed by atoms with Crippen LogP contribution in [-0.2, 0) is 13.0 Å². The molecule has 1 aliphatic rings. The Balaban J connectivity index is 0.000000196. The quantitative estimate of drug-likeness (QED) is 0.477. The van der Waals surface area contributed by atoms with Crippen molar-refractivity contribution in [1.29, 1.82) is 0 Å². The molecular weight excluding hydrogens is 403 g/mol. The van der Waals surface area contributed by atoms with E-state index in [-0.39, 0.29) is 17.6 Å². The summed E-state index contributed by atoms with van der Waals surface area (Å²) in [7, 11) is 0. The van der Waals surface area contributed by atoms with Crippen molar-refractivity contribution in [2.45, 2.75) is 50.6 Å². The standard InChI is InChI=1S/C13H16FN3O2.C9H11NS/c1-6-4-5-9(14)10(7(6)2)8(3)11(15)12-16-17-13(18)19-12;11-9-3-1-2-7-6-10-5-4-8(7)9/h4-5,8,11H,15H2,1-3H3,(H,17,18);1-3,10-11H,4-6H2. The summed E-state index contributed by atoms with van der Waals surface area (Å²) in [6.45, 7) is 7.63. The number of aromatic amines is 1. The van der Waals surface area contributed by atoms with Crippen LogP contribution in [0.4, 0.5) is 4.39 Å². The van der Waals surface area contributed by atoms with Gasteiger partial charge in [0, 0.05) is 17.4 Å². The van der Waals surface area contributed by atoms with Crippen molar-refractivity contribution < 1.29 is 8.81 Å². The van der Waals surface area contributed by atoms with Gasteiger partial charge in [-0.3, -0.25) is 0 Å². The van der Waals surface area contributed by atoms with E-state index in [0.717, 1.165) is 35.5 Å². The molecular formula is C22H27FN4O2S. The highest BCUT2D eigenvalue weighted by Crippen LogP contribution is 2.32. The Labute approximate surface area is 180 Å². The van der Waals surface area contributed by atoms with E-state index in [0.29, 0.717) is 5.56 Å². The first-order valence-corrected chi connectivity index (χ1v) is 10.3. The molecule has 160 valence electrons. The molecule has 0 spiro atoms. The number of rotatable bonds is 3. The highest BCUT2D eigenvalue weighted by atomic mass is 32.1. The number of thiol groups is 1. The highest BCUT2D eigenvalue weighted by Gasteiger charge is 2.26. The van der Waals surface area contributed by atoms with E-state index in [4.69, 9.17) is 10.2 Å². The van der Waals surface area contributed by atoms with Crippen molar-refractivity contribution in [3.05, 3.63) is 80.4 Å². The van der Waals surface area contributed by atoms with Crippen molar-refractivity contribution >= 4 is 12.6 Å². The summed E-state index contributed by atoms with van der Waals surface area (Å²) < 4.78 is 18.8. The van der Waals surface area contributed by atoms with Crippen LogP contribution in [0.3, 0.4) is 0 Å². The Morgan fingerprint density at radius 1 is 1.27 bits per heavy atom. The molecule has 8 heteroatoms. The summed E-state index contributed by atoms with van der Waals surface area (Å²) in [6, 6.07) is 8.75. The fourth-order valence-electron chi connectivity index (χ4n) is 3.65. The molecule has 0 saturated carbocycles. The highest BCUT2D eigenvalue weighted by molar-refractivity contribution is 7.80.